The fraction of sp³-hybridized carbons (Fsp3) is 0.138. The lowest BCUT2D eigenvalue weighted by Crippen LogP contribution is -2.51. The van der Waals surface area contributed by atoms with E-state index in [9.17, 15) is 0 Å². The molecule has 2 heterocycles. The molecule has 13 rings (SSSR count). The molecule has 7 aromatic carbocycles. The van der Waals surface area contributed by atoms with Crippen LogP contribution in [0.4, 0.5) is 17.1 Å². The van der Waals surface area contributed by atoms with Gasteiger partial charge in [-0.15, -0.1) is 11.3 Å². The first-order chi connectivity index (χ1) is 30.0. The van der Waals surface area contributed by atoms with Gasteiger partial charge in [-0.3, -0.25) is 0 Å². The molecule has 292 valence electrons. The highest BCUT2D eigenvalue weighted by molar-refractivity contribution is 7.25. The van der Waals surface area contributed by atoms with Gasteiger partial charge >= 0.3 is 0 Å². The summed E-state index contributed by atoms with van der Waals surface area (Å²) in [5.41, 5.74) is 14.9. The highest BCUT2D eigenvalue weighted by Crippen LogP contribution is 2.67. The van der Waals surface area contributed by atoms with Gasteiger partial charge in [0.25, 0.3) is 0 Å². The number of rotatable bonds is 4. The topological polar surface area (TPSA) is 16.4 Å². The van der Waals surface area contributed by atoms with Crippen LogP contribution >= 0.6 is 11.3 Å². The molecule has 61 heavy (non-hydrogen) atoms. The minimum Gasteiger partial charge on any atom is -0.456 e. The van der Waals surface area contributed by atoms with Gasteiger partial charge in [-0.05, 0) is 111 Å². The number of hydrogen-bond acceptors (Lipinski definition) is 3. The Bertz CT molecular complexity index is 3410. The van der Waals surface area contributed by atoms with Crippen molar-refractivity contribution in [2.75, 3.05) is 4.90 Å². The summed E-state index contributed by atoms with van der Waals surface area (Å²) in [6.45, 7) is 4.91. The van der Waals surface area contributed by atoms with E-state index < -0.39 is 0 Å². The first kappa shape index (κ1) is 35.1. The van der Waals surface area contributed by atoms with Crippen molar-refractivity contribution in [3.8, 4) is 0 Å². The summed E-state index contributed by atoms with van der Waals surface area (Å²) in [4.78, 5) is 2.39. The van der Waals surface area contributed by atoms with Crippen LogP contribution in [0.1, 0.15) is 54.0 Å². The van der Waals surface area contributed by atoms with Crippen LogP contribution in [0.25, 0.3) is 47.7 Å². The Labute approximate surface area is 360 Å². The lowest BCUT2D eigenvalue weighted by atomic mass is 9.47. The summed E-state index contributed by atoms with van der Waals surface area (Å²) >= 11 is 1.86. The molecule has 3 heteroatoms. The molecule has 4 atom stereocenters. The van der Waals surface area contributed by atoms with E-state index in [4.69, 9.17) is 4.42 Å². The summed E-state index contributed by atoms with van der Waals surface area (Å²) in [5.74, 6) is 0.921. The fourth-order valence-corrected chi connectivity index (χ4v) is 13.0. The molecule has 2 nitrogen and oxygen atoms in total. The molecule has 0 fully saturated rings. The number of nitrogens with zero attached hydrogens (tertiary/aromatic N) is 1. The Morgan fingerprint density at radius 3 is 2.08 bits per heavy atom. The molecule has 2 aromatic heterocycles. The minimum atomic E-state index is -0.268. The van der Waals surface area contributed by atoms with E-state index in [1.54, 1.807) is 0 Å². The van der Waals surface area contributed by atoms with Crippen molar-refractivity contribution in [3.05, 3.63) is 228 Å². The predicted molar refractivity (Wildman–Crippen MR) is 257 cm³/mol. The zero-order valence-electron chi connectivity index (χ0n) is 34.2. The highest BCUT2D eigenvalue weighted by Gasteiger charge is 2.60. The molecule has 0 radical (unpaired) electrons. The number of para-hydroxylation sites is 1. The Morgan fingerprint density at radius 1 is 0.557 bits per heavy atom. The molecule has 0 saturated carbocycles. The molecule has 0 N–H and O–H groups in total. The third-order valence-corrected chi connectivity index (χ3v) is 15.8. The van der Waals surface area contributed by atoms with E-state index in [0.29, 0.717) is 11.8 Å². The molecule has 4 unspecified atom stereocenters. The van der Waals surface area contributed by atoms with Crippen LogP contribution in [0.5, 0.6) is 0 Å². The van der Waals surface area contributed by atoms with E-state index in [2.05, 4.69) is 207 Å². The van der Waals surface area contributed by atoms with E-state index in [0.717, 1.165) is 45.4 Å². The van der Waals surface area contributed by atoms with Gasteiger partial charge in [0.15, 0.2) is 0 Å². The molecule has 0 bridgehead atoms. The van der Waals surface area contributed by atoms with E-state index in [1.807, 2.05) is 17.4 Å². The largest absolute Gasteiger partial charge is 0.456 e. The third kappa shape index (κ3) is 4.90. The summed E-state index contributed by atoms with van der Waals surface area (Å²) < 4.78 is 9.07. The third-order valence-electron chi connectivity index (χ3n) is 14.6. The summed E-state index contributed by atoms with van der Waals surface area (Å²) in [6.07, 6.45) is 15.8. The Kier molecular flexibility index (Phi) is 7.43. The number of thiophene rings is 1. The maximum Gasteiger partial charge on any atom is 0.137 e. The Hall–Kier alpha value is -6.68. The van der Waals surface area contributed by atoms with E-state index in [-0.39, 0.29) is 16.7 Å². The number of benzene rings is 7. The van der Waals surface area contributed by atoms with Gasteiger partial charge in [-0.25, -0.2) is 0 Å². The normalized spacial score (nSPS) is 22.0. The molecule has 0 aliphatic heterocycles. The van der Waals surface area contributed by atoms with Crippen molar-refractivity contribution in [2.45, 2.75) is 37.0 Å². The molecular formula is C58H43NOS. The van der Waals surface area contributed by atoms with Gasteiger partial charge in [0.2, 0.25) is 0 Å². The van der Waals surface area contributed by atoms with Crippen LogP contribution in [0.2, 0.25) is 0 Å². The Morgan fingerprint density at radius 2 is 1.21 bits per heavy atom. The van der Waals surface area contributed by atoms with Gasteiger partial charge in [0, 0.05) is 65.9 Å². The zero-order chi connectivity index (χ0) is 40.5. The maximum absolute atomic E-state index is 6.46. The average Bonchev–Trinajstić information content (AvgIpc) is 3.97. The lowest BCUT2D eigenvalue weighted by molar-refractivity contribution is 0.218. The molecule has 1 spiro atoms. The van der Waals surface area contributed by atoms with Gasteiger partial charge in [0.1, 0.15) is 11.2 Å². The molecule has 0 saturated heterocycles. The SMILES string of the molecule is CC1(C)c2ccccc2C2(C3=CC(c4ccc(N(c5ccc6c(c5)oc5ccccc56)c5ccc6sc7ccccc7c6c5)cc4)CC=C3c3ccccc32)C2C=CC=CC21. The smallest absolute Gasteiger partial charge is 0.137 e. The van der Waals surface area contributed by atoms with Crippen LogP contribution in [0, 0.1) is 11.8 Å². The van der Waals surface area contributed by atoms with Crippen molar-refractivity contribution in [1.82, 2.24) is 0 Å². The molecule has 9 aromatic rings. The van der Waals surface area contributed by atoms with Gasteiger partial charge in [0.05, 0.1) is 5.41 Å². The zero-order valence-corrected chi connectivity index (χ0v) is 35.0. The van der Waals surface area contributed by atoms with Crippen molar-refractivity contribution in [3.63, 3.8) is 0 Å². The summed E-state index contributed by atoms with van der Waals surface area (Å²) in [6, 6.07) is 58.7. The molecular weight excluding hydrogens is 759 g/mol. The fourth-order valence-electron chi connectivity index (χ4n) is 11.9. The molecule has 4 aliphatic carbocycles. The average molecular weight is 802 g/mol. The second-order valence-electron chi connectivity index (χ2n) is 18.0. The first-order valence-electron chi connectivity index (χ1n) is 21.7. The summed E-state index contributed by atoms with van der Waals surface area (Å²) in [5, 5.41) is 4.86. The monoisotopic (exact) mass is 801 g/mol. The number of hydrogen-bond donors (Lipinski definition) is 0. The van der Waals surface area contributed by atoms with Gasteiger partial charge in [-0.1, -0.05) is 147 Å². The summed E-state index contributed by atoms with van der Waals surface area (Å²) in [7, 11) is 0. The number of furan rings is 1. The minimum absolute atomic E-state index is 0.00149. The Balaban J connectivity index is 0.949. The van der Waals surface area contributed by atoms with Crippen LogP contribution in [0.3, 0.4) is 0 Å². The van der Waals surface area contributed by atoms with Crippen LogP contribution in [-0.2, 0) is 10.8 Å². The van der Waals surface area contributed by atoms with Crippen LogP contribution in [0.15, 0.2) is 204 Å². The quantitative estimate of drug-likeness (QED) is 0.176. The number of anilines is 3. The number of allylic oxidation sites excluding steroid dienone is 8. The van der Waals surface area contributed by atoms with E-state index >= 15 is 0 Å². The lowest BCUT2D eigenvalue weighted by Gasteiger charge is -2.55. The standard InChI is InChI=1S/C58H43NOS/c1-57(2)48-17-7-9-19-50(48)58(51-20-10-8-18-49(51)57)47-16-6-3-13-41(47)42-30-25-37(33-52(42)58)36-23-26-38(27-24-36)59(39-29-32-56-46(34-39)45-15-5-12-22-55(45)61-56)40-28-31-44-43-14-4-11-21-53(43)60-54(44)35-40/h3-24,26-35,37,48,50H,25H2,1-2H3. The van der Waals surface area contributed by atoms with E-state index in [1.165, 1.54) is 59.1 Å². The van der Waals surface area contributed by atoms with Crippen molar-refractivity contribution >= 4 is 76.1 Å². The highest BCUT2D eigenvalue weighted by atomic mass is 32.1. The number of fused-ring (bicyclic) bond motifs is 15. The van der Waals surface area contributed by atoms with Crippen LogP contribution < -0.4 is 4.90 Å². The second kappa shape index (κ2) is 12.9. The van der Waals surface area contributed by atoms with Gasteiger partial charge < -0.3 is 9.32 Å². The maximum atomic E-state index is 6.46. The van der Waals surface area contributed by atoms with Crippen molar-refractivity contribution < 1.29 is 4.42 Å². The predicted octanol–water partition coefficient (Wildman–Crippen LogP) is 15.9. The van der Waals surface area contributed by atoms with Crippen molar-refractivity contribution in [1.29, 1.82) is 0 Å². The van der Waals surface area contributed by atoms with Crippen LogP contribution in [-0.4, -0.2) is 0 Å². The first-order valence-corrected chi connectivity index (χ1v) is 22.5. The molecule has 0 amide bonds. The second-order valence-corrected chi connectivity index (χ2v) is 19.1. The van der Waals surface area contributed by atoms with Crippen molar-refractivity contribution in [2.24, 2.45) is 11.8 Å². The van der Waals surface area contributed by atoms with Gasteiger partial charge in [-0.2, -0.15) is 0 Å². The molecule has 4 aliphatic rings.